The summed E-state index contributed by atoms with van der Waals surface area (Å²) in [4.78, 5) is 24.5. The topological polar surface area (TPSA) is 70.2 Å². The highest BCUT2D eigenvalue weighted by Gasteiger charge is 2.38. The molecule has 2 aliphatic rings. The maximum absolute atomic E-state index is 14.6. The van der Waals surface area contributed by atoms with Crippen LogP contribution >= 0.6 is 0 Å². The Kier molecular flexibility index (Phi) is 4.51. The van der Waals surface area contributed by atoms with Crippen LogP contribution in [-0.2, 0) is 17.6 Å². The van der Waals surface area contributed by atoms with Crippen molar-refractivity contribution in [2.75, 3.05) is 11.9 Å². The van der Waals surface area contributed by atoms with Crippen LogP contribution in [0.2, 0.25) is 0 Å². The molecule has 3 amide bonds. The molecule has 4 rings (SSSR count). The molecule has 0 radical (unpaired) electrons. The monoisotopic (exact) mass is 371 g/mol. The molecule has 0 spiro atoms. The molecule has 5 nitrogen and oxygen atoms in total. The molecule has 0 saturated carbocycles. The third-order valence-electron chi connectivity index (χ3n) is 5.18. The molecular formula is C20H19F2N3O2. The van der Waals surface area contributed by atoms with Crippen LogP contribution in [0.4, 0.5) is 19.3 Å². The van der Waals surface area contributed by atoms with Crippen LogP contribution in [-0.4, -0.2) is 24.5 Å². The summed E-state index contributed by atoms with van der Waals surface area (Å²) in [6.07, 6.45) is 2.78. The number of amides is 3. The number of hydrogen-bond donors (Lipinski definition) is 3. The summed E-state index contributed by atoms with van der Waals surface area (Å²) in [6.45, 7) is 0.260. The fourth-order valence-corrected chi connectivity index (χ4v) is 3.82. The number of aryl methyl sites for hydroxylation is 2. The summed E-state index contributed by atoms with van der Waals surface area (Å²) < 4.78 is 27.6. The second kappa shape index (κ2) is 6.98. The number of nitrogens with one attached hydrogen (secondary N) is 3. The molecule has 1 aliphatic carbocycles. The summed E-state index contributed by atoms with van der Waals surface area (Å²) >= 11 is 0. The zero-order valence-electron chi connectivity index (χ0n) is 14.5. The van der Waals surface area contributed by atoms with Crippen molar-refractivity contribution in [3.63, 3.8) is 0 Å². The molecule has 1 unspecified atom stereocenters. The average molecular weight is 371 g/mol. The molecule has 1 heterocycles. The van der Waals surface area contributed by atoms with Crippen molar-refractivity contribution < 1.29 is 18.4 Å². The van der Waals surface area contributed by atoms with E-state index in [0.717, 1.165) is 30.4 Å². The smallest absolute Gasteiger partial charge is 0.319 e. The van der Waals surface area contributed by atoms with E-state index in [1.165, 1.54) is 24.3 Å². The van der Waals surface area contributed by atoms with E-state index in [0.29, 0.717) is 11.3 Å². The normalized spacial score (nSPS) is 20.9. The summed E-state index contributed by atoms with van der Waals surface area (Å²) in [5, 5.41) is 7.86. The zero-order chi connectivity index (χ0) is 19.0. The minimum absolute atomic E-state index is 0.260. The van der Waals surface area contributed by atoms with Gasteiger partial charge < -0.3 is 16.0 Å². The number of carbonyl (C=O) groups excluding carboxylic acids is 2. The molecule has 0 bridgehead atoms. The first kappa shape index (κ1) is 17.5. The first-order valence-corrected chi connectivity index (χ1v) is 8.93. The van der Waals surface area contributed by atoms with Crippen LogP contribution in [0.3, 0.4) is 0 Å². The minimum Gasteiger partial charge on any atom is -0.354 e. The first-order chi connectivity index (χ1) is 13.0. The standard InChI is InChI=1S/C20H19F2N3O2/c21-13-4-6-14(7-5-13)24-20(27)25-18-16(10-23-19(18)26)15-8-11-2-1-3-12(11)9-17(15)22/h4-9,16,18H,1-3,10H2,(H,23,26)(H2,24,25,27)/t16-,18?/m0/s1. The molecular weight excluding hydrogens is 352 g/mol. The Morgan fingerprint density at radius 3 is 2.52 bits per heavy atom. The van der Waals surface area contributed by atoms with Crippen molar-refractivity contribution in [3.05, 3.63) is 64.7 Å². The SMILES string of the molecule is O=C(Nc1ccc(F)cc1)NC1C(=O)NC[C@H]1c1cc2c(cc1F)CCC2. The van der Waals surface area contributed by atoms with E-state index in [1.807, 2.05) is 6.07 Å². The average Bonchev–Trinajstić information content (AvgIpc) is 3.23. The van der Waals surface area contributed by atoms with Gasteiger partial charge in [0.05, 0.1) is 0 Å². The molecule has 2 aromatic carbocycles. The molecule has 1 fully saturated rings. The third kappa shape index (κ3) is 3.49. The lowest BCUT2D eigenvalue weighted by molar-refractivity contribution is -0.120. The lowest BCUT2D eigenvalue weighted by Gasteiger charge is -2.20. The van der Waals surface area contributed by atoms with E-state index < -0.39 is 23.8 Å². The van der Waals surface area contributed by atoms with Gasteiger partial charge in [-0.25, -0.2) is 13.6 Å². The number of halogens is 2. The summed E-state index contributed by atoms with van der Waals surface area (Å²) in [7, 11) is 0. The Bertz CT molecular complexity index is 899. The van der Waals surface area contributed by atoms with Gasteiger partial charge in [-0.1, -0.05) is 6.07 Å². The van der Waals surface area contributed by atoms with Crippen molar-refractivity contribution in [1.82, 2.24) is 10.6 Å². The van der Waals surface area contributed by atoms with Crippen molar-refractivity contribution >= 4 is 17.6 Å². The molecule has 27 heavy (non-hydrogen) atoms. The number of benzene rings is 2. The first-order valence-electron chi connectivity index (χ1n) is 8.93. The lowest BCUT2D eigenvalue weighted by Crippen LogP contribution is -2.44. The van der Waals surface area contributed by atoms with Crippen LogP contribution in [0.1, 0.15) is 29.0 Å². The van der Waals surface area contributed by atoms with Crippen LogP contribution < -0.4 is 16.0 Å². The fraction of sp³-hybridized carbons (Fsp3) is 0.300. The largest absolute Gasteiger partial charge is 0.354 e. The molecule has 2 aromatic rings. The van der Waals surface area contributed by atoms with Crippen LogP contribution in [0.25, 0.3) is 0 Å². The Balaban J connectivity index is 1.52. The predicted molar refractivity (Wildman–Crippen MR) is 96.5 cm³/mol. The quantitative estimate of drug-likeness (QED) is 0.777. The van der Waals surface area contributed by atoms with Crippen LogP contribution in [0.15, 0.2) is 36.4 Å². The fourth-order valence-electron chi connectivity index (χ4n) is 3.82. The summed E-state index contributed by atoms with van der Waals surface area (Å²) in [5.41, 5.74) is 2.97. The number of rotatable bonds is 3. The Morgan fingerprint density at radius 1 is 1.07 bits per heavy atom. The highest BCUT2D eigenvalue weighted by atomic mass is 19.1. The van der Waals surface area contributed by atoms with Gasteiger partial charge in [-0.2, -0.15) is 0 Å². The number of hydrogen-bond acceptors (Lipinski definition) is 2. The van der Waals surface area contributed by atoms with E-state index in [1.54, 1.807) is 6.07 Å². The Morgan fingerprint density at radius 2 is 1.78 bits per heavy atom. The maximum atomic E-state index is 14.6. The lowest BCUT2D eigenvalue weighted by atomic mass is 9.91. The van der Waals surface area contributed by atoms with Gasteiger partial charge in [-0.3, -0.25) is 4.79 Å². The number of fused-ring (bicyclic) bond motifs is 1. The van der Waals surface area contributed by atoms with E-state index in [-0.39, 0.29) is 18.3 Å². The highest BCUT2D eigenvalue weighted by Crippen LogP contribution is 2.32. The van der Waals surface area contributed by atoms with Crippen molar-refractivity contribution in [3.8, 4) is 0 Å². The number of carbonyl (C=O) groups is 2. The molecule has 1 saturated heterocycles. The maximum Gasteiger partial charge on any atom is 0.319 e. The van der Waals surface area contributed by atoms with Gasteiger partial charge in [0.2, 0.25) is 5.91 Å². The van der Waals surface area contributed by atoms with Crippen LogP contribution in [0, 0.1) is 11.6 Å². The van der Waals surface area contributed by atoms with Crippen molar-refractivity contribution in [1.29, 1.82) is 0 Å². The number of urea groups is 1. The van der Waals surface area contributed by atoms with E-state index in [9.17, 15) is 18.4 Å². The molecule has 140 valence electrons. The van der Waals surface area contributed by atoms with Gasteiger partial charge in [-0.15, -0.1) is 0 Å². The van der Waals surface area contributed by atoms with Gasteiger partial charge in [0.1, 0.15) is 17.7 Å². The summed E-state index contributed by atoms with van der Waals surface area (Å²) in [6, 6.07) is 7.18. The van der Waals surface area contributed by atoms with Gasteiger partial charge in [0, 0.05) is 18.2 Å². The predicted octanol–water partition coefficient (Wildman–Crippen LogP) is 2.86. The van der Waals surface area contributed by atoms with Crippen molar-refractivity contribution in [2.45, 2.75) is 31.2 Å². The van der Waals surface area contributed by atoms with Crippen molar-refractivity contribution in [2.24, 2.45) is 0 Å². The second-order valence-corrected chi connectivity index (χ2v) is 6.93. The van der Waals surface area contributed by atoms with E-state index >= 15 is 0 Å². The van der Waals surface area contributed by atoms with Gasteiger partial charge in [0.15, 0.2) is 0 Å². The van der Waals surface area contributed by atoms with Gasteiger partial charge in [0.25, 0.3) is 0 Å². The molecule has 3 N–H and O–H groups in total. The molecule has 1 aliphatic heterocycles. The van der Waals surface area contributed by atoms with E-state index in [2.05, 4.69) is 16.0 Å². The Labute approximate surface area is 155 Å². The highest BCUT2D eigenvalue weighted by molar-refractivity contribution is 5.95. The van der Waals surface area contributed by atoms with Gasteiger partial charge in [-0.05, 0) is 66.3 Å². The van der Waals surface area contributed by atoms with Gasteiger partial charge >= 0.3 is 6.03 Å². The Hall–Kier alpha value is -2.96. The minimum atomic E-state index is -0.876. The molecule has 2 atom stereocenters. The molecule has 0 aromatic heterocycles. The third-order valence-corrected chi connectivity index (χ3v) is 5.18. The number of anilines is 1. The van der Waals surface area contributed by atoms with E-state index in [4.69, 9.17) is 0 Å². The molecule has 7 heteroatoms. The van der Waals surface area contributed by atoms with Crippen LogP contribution in [0.5, 0.6) is 0 Å². The second-order valence-electron chi connectivity index (χ2n) is 6.93. The zero-order valence-corrected chi connectivity index (χ0v) is 14.5. The summed E-state index contributed by atoms with van der Waals surface area (Å²) in [5.74, 6) is -1.59.